The van der Waals surface area contributed by atoms with Gasteiger partial charge >= 0.3 is 16.2 Å². The summed E-state index contributed by atoms with van der Waals surface area (Å²) in [7, 11) is -2.18. The van der Waals surface area contributed by atoms with E-state index in [0.717, 1.165) is 0 Å². The van der Waals surface area contributed by atoms with Crippen LogP contribution in [0.3, 0.4) is 0 Å². The van der Waals surface area contributed by atoms with Crippen LogP contribution in [0.1, 0.15) is 0 Å². The zero-order valence-electron chi connectivity index (χ0n) is 9.36. The van der Waals surface area contributed by atoms with Gasteiger partial charge in [-0.15, -0.1) is 0 Å². The van der Waals surface area contributed by atoms with Crippen molar-refractivity contribution in [3.63, 3.8) is 0 Å². The Morgan fingerprint density at radius 2 is 1.71 bits per heavy atom. The van der Waals surface area contributed by atoms with Gasteiger partial charge in [0.15, 0.2) is 17.8 Å². The Labute approximate surface area is 100 Å². The molecule has 0 fully saturated rings. The van der Waals surface area contributed by atoms with Crippen LogP contribution >= 0.6 is 16.2 Å². The average molecular weight is 278 g/mol. The Balaban J connectivity index is 1.90. The maximum absolute atomic E-state index is 11.7. The van der Waals surface area contributed by atoms with Crippen molar-refractivity contribution in [2.75, 3.05) is 20.6 Å². The number of benzene rings is 1. The Morgan fingerprint density at radius 3 is 2.18 bits per heavy atom. The van der Waals surface area contributed by atoms with Crippen LogP contribution in [0.2, 0.25) is 0 Å². The number of fused-ring (bicyclic) bond motifs is 1. The highest BCUT2D eigenvalue weighted by atomic mass is 31.2. The number of hydrogen-bond acceptors (Lipinski definition) is 6. The molecule has 94 valence electrons. The van der Waals surface area contributed by atoms with Gasteiger partial charge in [0.25, 0.3) is 0 Å². The van der Waals surface area contributed by atoms with Gasteiger partial charge < -0.3 is 18.1 Å². The number of para-hydroxylation sites is 2. The lowest BCUT2D eigenvalue weighted by Crippen LogP contribution is -1.99. The minimum atomic E-state index is -3.19. The molecule has 0 amide bonds. The largest absolute Gasteiger partial charge is 0.463 e. The second kappa shape index (κ2) is 5.34. The van der Waals surface area contributed by atoms with E-state index in [1.54, 1.807) is 12.1 Å². The molecule has 6 nitrogen and oxygen atoms in total. The van der Waals surface area contributed by atoms with Crippen molar-refractivity contribution < 1.29 is 27.2 Å². The van der Waals surface area contributed by atoms with Crippen molar-refractivity contribution in [1.82, 2.24) is 0 Å². The molecule has 17 heavy (non-hydrogen) atoms. The van der Waals surface area contributed by atoms with Gasteiger partial charge in [-0.1, -0.05) is 12.1 Å². The second-order valence-corrected chi connectivity index (χ2v) is 6.37. The predicted octanol–water partition coefficient (Wildman–Crippen LogP) is 3.14. The van der Waals surface area contributed by atoms with Crippen LogP contribution in [-0.2, 0) is 18.1 Å². The molecule has 1 heterocycles. The molecule has 0 bridgehead atoms. The normalized spacial score (nSPS) is 15.2. The Bertz CT molecular complexity index is 404. The van der Waals surface area contributed by atoms with E-state index in [0.29, 0.717) is 11.5 Å². The Hall–Kier alpha value is -0.640. The van der Waals surface area contributed by atoms with Crippen LogP contribution in [0, 0.1) is 0 Å². The SMILES string of the molecule is COP(=O)(COP1Oc2ccccc2O1)OC. The van der Waals surface area contributed by atoms with Crippen molar-refractivity contribution in [2.45, 2.75) is 0 Å². The van der Waals surface area contributed by atoms with Gasteiger partial charge in [0.2, 0.25) is 0 Å². The minimum absolute atomic E-state index is 0.209. The fourth-order valence-corrected chi connectivity index (χ4v) is 3.20. The fourth-order valence-electron chi connectivity index (χ4n) is 1.13. The lowest BCUT2D eigenvalue weighted by atomic mass is 10.3. The number of rotatable bonds is 5. The van der Waals surface area contributed by atoms with E-state index in [4.69, 9.17) is 22.6 Å². The molecule has 0 spiro atoms. The van der Waals surface area contributed by atoms with Gasteiger partial charge in [0.1, 0.15) is 0 Å². The summed E-state index contributed by atoms with van der Waals surface area (Å²) in [6, 6.07) is 7.20. The molecule has 0 aromatic heterocycles. The lowest BCUT2D eigenvalue weighted by Gasteiger charge is -2.14. The zero-order chi connectivity index (χ0) is 12.3. The summed E-state index contributed by atoms with van der Waals surface area (Å²) in [6.07, 6.45) is -0.209. The first-order valence-electron chi connectivity index (χ1n) is 4.75. The van der Waals surface area contributed by atoms with Crippen LogP contribution in [0.4, 0.5) is 0 Å². The summed E-state index contributed by atoms with van der Waals surface area (Å²) in [5.41, 5.74) is 0. The molecule has 1 aromatic carbocycles. The van der Waals surface area contributed by atoms with Gasteiger partial charge in [0.05, 0.1) is 0 Å². The maximum atomic E-state index is 11.7. The Kier molecular flexibility index (Phi) is 4.02. The molecule has 0 radical (unpaired) electrons. The van der Waals surface area contributed by atoms with Crippen LogP contribution in [0.5, 0.6) is 11.5 Å². The molecule has 0 saturated carbocycles. The standard InChI is InChI=1S/C9H12O6P2/c1-11-17(10,12-2)7-13-16-14-8-5-3-4-6-9(8)15-16/h3-6H,7H2,1-2H3. The molecule has 0 N–H and O–H groups in total. The van der Waals surface area contributed by atoms with Crippen molar-refractivity contribution in [3.8, 4) is 11.5 Å². The van der Waals surface area contributed by atoms with Gasteiger partial charge in [-0.25, -0.2) is 0 Å². The molecule has 2 rings (SSSR count). The third kappa shape index (κ3) is 2.97. The van der Waals surface area contributed by atoms with E-state index in [1.165, 1.54) is 14.2 Å². The molecule has 0 unspecified atom stereocenters. The quantitative estimate of drug-likeness (QED) is 0.771. The highest BCUT2D eigenvalue weighted by molar-refractivity contribution is 7.54. The average Bonchev–Trinajstić information content (AvgIpc) is 2.79. The third-order valence-electron chi connectivity index (χ3n) is 2.07. The van der Waals surface area contributed by atoms with Crippen molar-refractivity contribution in [1.29, 1.82) is 0 Å². The van der Waals surface area contributed by atoms with Gasteiger partial charge in [-0.05, 0) is 12.1 Å². The summed E-state index contributed by atoms with van der Waals surface area (Å²) in [5, 5.41) is 0. The van der Waals surface area contributed by atoms with E-state index >= 15 is 0 Å². The van der Waals surface area contributed by atoms with Gasteiger partial charge in [-0.3, -0.25) is 9.09 Å². The molecule has 1 aliphatic rings. The summed E-state index contributed by atoms with van der Waals surface area (Å²) < 4.78 is 37.2. The third-order valence-corrected chi connectivity index (χ3v) is 4.87. The van der Waals surface area contributed by atoms with Crippen molar-refractivity contribution in [2.24, 2.45) is 0 Å². The first-order chi connectivity index (χ1) is 8.17. The first-order valence-corrected chi connectivity index (χ1v) is 7.58. The lowest BCUT2D eigenvalue weighted by molar-refractivity contribution is 0.233. The van der Waals surface area contributed by atoms with E-state index in [2.05, 4.69) is 0 Å². The van der Waals surface area contributed by atoms with E-state index in [9.17, 15) is 4.57 Å². The van der Waals surface area contributed by atoms with Crippen LogP contribution in [-0.4, -0.2) is 20.6 Å². The van der Waals surface area contributed by atoms with E-state index in [1.807, 2.05) is 12.1 Å². The molecule has 0 aliphatic carbocycles. The zero-order valence-corrected chi connectivity index (χ0v) is 11.1. The maximum Gasteiger partial charge on any atom is 0.463 e. The van der Waals surface area contributed by atoms with Gasteiger partial charge in [-0.2, -0.15) is 0 Å². The van der Waals surface area contributed by atoms with Crippen LogP contribution in [0.25, 0.3) is 0 Å². The highest BCUT2D eigenvalue weighted by Crippen LogP contribution is 2.56. The summed E-state index contributed by atoms with van der Waals surface area (Å²) >= 11 is 0. The topological polar surface area (TPSA) is 63.2 Å². The van der Waals surface area contributed by atoms with Crippen LogP contribution < -0.4 is 9.05 Å². The summed E-state index contributed by atoms with van der Waals surface area (Å²) in [4.78, 5) is 0. The van der Waals surface area contributed by atoms with E-state index < -0.39 is 16.2 Å². The molecule has 1 aliphatic heterocycles. The molecular weight excluding hydrogens is 266 g/mol. The Morgan fingerprint density at radius 1 is 1.18 bits per heavy atom. The summed E-state index contributed by atoms with van der Waals surface area (Å²) in [5.74, 6) is 1.23. The van der Waals surface area contributed by atoms with Crippen molar-refractivity contribution >= 4 is 16.2 Å². The predicted molar refractivity (Wildman–Crippen MR) is 62.2 cm³/mol. The molecule has 1 aromatic rings. The fraction of sp³-hybridized carbons (Fsp3) is 0.333. The monoisotopic (exact) mass is 278 g/mol. The number of hydrogen-bond donors (Lipinski definition) is 0. The van der Waals surface area contributed by atoms with E-state index in [-0.39, 0.29) is 6.35 Å². The van der Waals surface area contributed by atoms with Crippen molar-refractivity contribution in [3.05, 3.63) is 24.3 Å². The van der Waals surface area contributed by atoms with Crippen LogP contribution in [0.15, 0.2) is 24.3 Å². The van der Waals surface area contributed by atoms with Gasteiger partial charge in [0, 0.05) is 14.2 Å². The molecule has 8 heteroatoms. The highest BCUT2D eigenvalue weighted by Gasteiger charge is 2.32. The smallest absolute Gasteiger partial charge is 0.414 e. The first kappa shape index (κ1) is 12.8. The second-order valence-electron chi connectivity index (χ2n) is 3.09. The molecular formula is C9H12O6P2. The minimum Gasteiger partial charge on any atom is -0.414 e. The molecule has 0 saturated heterocycles. The molecule has 0 atom stereocenters. The summed E-state index contributed by atoms with van der Waals surface area (Å²) in [6.45, 7) is 0.